The summed E-state index contributed by atoms with van der Waals surface area (Å²) in [5.74, 6) is 0.565. The number of hydrogen-bond acceptors (Lipinski definition) is 7. The van der Waals surface area contributed by atoms with Crippen LogP contribution in [0.15, 0.2) is 60.9 Å². The summed E-state index contributed by atoms with van der Waals surface area (Å²) in [6.45, 7) is 4.63. The zero-order chi connectivity index (χ0) is 23.7. The molecule has 34 heavy (non-hydrogen) atoms. The number of phenols is 1. The lowest BCUT2D eigenvalue weighted by Gasteiger charge is -2.21. The first-order valence-electron chi connectivity index (χ1n) is 11.8. The van der Waals surface area contributed by atoms with Crippen molar-refractivity contribution >= 4 is 21.9 Å². The molecular weight excluding hydrogens is 434 g/mol. The van der Waals surface area contributed by atoms with Crippen molar-refractivity contribution < 1.29 is 18.7 Å². The number of benzene rings is 2. The van der Waals surface area contributed by atoms with Gasteiger partial charge in [0.05, 0.1) is 17.7 Å². The van der Waals surface area contributed by atoms with Gasteiger partial charge in [0.25, 0.3) is 0 Å². The molecule has 7 nitrogen and oxygen atoms in total. The van der Waals surface area contributed by atoms with E-state index in [1.807, 2.05) is 19.1 Å². The number of para-hydroxylation sites is 1. The summed E-state index contributed by atoms with van der Waals surface area (Å²) >= 11 is 0. The summed E-state index contributed by atoms with van der Waals surface area (Å²) in [6, 6.07) is 11.7. The normalized spacial score (nSPS) is 15.0. The van der Waals surface area contributed by atoms with Gasteiger partial charge in [0.15, 0.2) is 11.3 Å². The zero-order valence-electron chi connectivity index (χ0n) is 19.1. The molecule has 1 aliphatic rings. The average molecular weight is 462 g/mol. The van der Waals surface area contributed by atoms with Gasteiger partial charge in [-0.25, -0.2) is 9.59 Å². The minimum Gasteiger partial charge on any atom is -0.507 e. The largest absolute Gasteiger partial charge is 0.507 e. The highest BCUT2D eigenvalue weighted by atomic mass is 16.5. The molecule has 7 heteroatoms. The van der Waals surface area contributed by atoms with E-state index in [0.29, 0.717) is 52.0 Å². The third kappa shape index (κ3) is 4.19. The van der Waals surface area contributed by atoms with Gasteiger partial charge in [-0.15, -0.1) is 0 Å². The van der Waals surface area contributed by atoms with Crippen molar-refractivity contribution in [2.75, 3.05) is 19.7 Å². The van der Waals surface area contributed by atoms with Gasteiger partial charge in [0.1, 0.15) is 11.3 Å². The second-order valence-corrected chi connectivity index (χ2v) is 8.66. The molecule has 176 valence electrons. The summed E-state index contributed by atoms with van der Waals surface area (Å²) in [5, 5.41) is 11.9. The first-order valence-corrected chi connectivity index (χ1v) is 11.8. The first-order chi connectivity index (χ1) is 16.5. The lowest BCUT2D eigenvalue weighted by Crippen LogP contribution is -2.24. The first kappa shape index (κ1) is 22.2. The Balaban J connectivity index is 1.68. The number of nitrogens with zero attached hydrogens (tertiary/aromatic N) is 1. The molecule has 1 N–H and O–H groups in total. The molecule has 4 aromatic rings. The third-order valence-corrected chi connectivity index (χ3v) is 6.39. The average Bonchev–Trinajstić information content (AvgIpc) is 3.09. The Morgan fingerprint density at radius 1 is 0.941 bits per heavy atom. The summed E-state index contributed by atoms with van der Waals surface area (Å²) in [5.41, 5.74) is 0.731. The maximum atomic E-state index is 13.0. The minimum absolute atomic E-state index is 0.0731. The third-order valence-electron chi connectivity index (χ3n) is 6.39. The molecule has 3 heterocycles. The van der Waals surface area contributed by atoms with E-state index in [2.05, 4.69) is 4.90 Å². The van der Waals surface area contributed by atoms with Crippen molar-refractivity contribution in [3.63, 3.8) is 0 Å². The molecule has 0 spiro atoms. The van der Waals surface area contributed by atoms with Crippen LogP contribution in [0.5, 0.6) is 11.5 Å². The van der Waals surface area contributed by atoms with Crippen LogP contribution < -0.4 is 16.0 Å². The second kappa shape index (κ2) is 9.35. The summed E-state index contributed by atoms with van der Waals surface area (Å²) in [7, 11) is 0. The van der Waals surface area contributed by atoms with E-state index in [1.54, 1.807) is 24.3 Å². The number of likely N-dealkylation sites (tertiary alicyclic amines) is 1. The van der Waals surface area contributed by atoms with Gasteiger partial charge in [-0.1, -0.05) is 25.0 Å². The predicted octanol–water partition coefficient (Wildman–Crippen LogP) is 5.05. The Kier molecular flexibility index (Phi) is 6.11. The molecule has 0 amide bonds. The highest BCUT2D eigenvalue weighted by Crippen LogP contribution is 2.35. The minimum atomic E-state index is -0.590. The molecule has 2 aromatic carbocycles. The van der Waals surface area contributed by atoms with E-state index in [4.69, 9.17) is 13.6 Å². The molecule has 2 aromatic heterocycles. The lowest BCUT2D eigenvalue weighted by molar-refractivity contribution is 0.272. The van der Waals surface area contributed by atoms with Gasteiger partial charge < -0.3 is 18.7 Å². The van der Waals surface area contributed by atoms with E-state index in [0.717, 1.165) is 25.9 Å². The standard InChI is InChI=1S/C27H27NO6/c1-2-32-23-9-7-8-17-14-20(27(31)34-25(17)23)19-15-24(30)33-26-18(19)10-11-22(29)21(26)16-28-12-5-3-4-6-13-28/h7-11,14-15,29H,2-6,12-13,16H2,1H3. The van der Waals surface area contributed by atoms with E-state index in [9.17, 15) is 14.7 Å². The van der Waals surface area contributed by atoms with E-state index >= 15 is 0 Å². The summed E-state index contributed by atoms with van der Waals surface area (Å²) in [4.78, 5) is 27.9. The fraction of sp³-hybridized carbons (Fsp3) is 0.333. The van der Waals surface area contributed by atoms with Crippen LogP contribution in [-0.2, 0) is 6.54 Å². The van der Waals surface area contributed by atoms with Crippen LogP contribution in [-0.4, -0.2) is 29.7 Å². The Hall–Kier alpha value is -3.58. The molecule has 0 unspecified atom stereocenters. The molecule has 5 rings (SSSR count). The van der Waals surface area contributed by atoms with Crippen LogP contribution in [0.3, 0.4) is 0 Å². The van der Waals surface area contributed by atoms with Gasteiger partial charge in [0.2, 0.25) is 0 Å². The molecular formula is C27H27NO6. The fourth-order valence-corrected chi connectivity index (χ4v) is 4.74. The molecule has 1 aliphatic heterocycles. The Labute approximate surface area is 196 Å². The summed E-state index contributed by atoms with van der Waals surface area (Å²) in [6.07, 6.45) is 4.59. The van der Waals surface area contributed by atoms with Gasteiger partial charge >= 0.3 is 11.3 Å². The van der Waals surface area contributed by atoms with Crippen molar-refractivity contribution in [1.82, 2.24) is 4.90 Å². The fourth-order valence-electron chi connectivity index (χ4n) is 4.74. The molecule has 0 aliphatic carbocycles. The van der Waals surface area contributed by atoms with Gasteiger partial charge in [-0.05, 0) is 57.1 Å². The number of phenolic OH excluding ortho intramolecular Hbond substituents is 1. The van der Waals surface area contributed by atoms with Crippen LogP contribution in [0.1, 0.15) is 38.2 Å². The highest BCUT2D eigenvalue weighted by molar-refractivity contribution is 5.97. The summed E-state index contributed by atoms with van der Waals surface area (Å²) < 4.78 is 16.8. The maximum absolute atomic E-state index is 13.0. The molecule has 0 atom stereocenters. The van der Waals surface area contributed by atoms with Crippen LogP contribution >= 0.6 is 0 Å². The molecule has 1 saturated heterocycles. The monoisotopic (exact) mass is 461 g/mol. The van der Waals surface area contributed by atoms with E-state index < -0.39 is 11.3 Å². The lowest BCUT2D eigenvalue weighted by atomic mass is 9.99. The molecule has 0 radical (unpaired) electrons. The van der Waals surface area contributed by atoms with Crippen molar-refractivity contribution in [3.05, 3.63) is 68.9 Å². The second-order valence-electron chi connectivity index (χ2n) is 8.66. The molecule has 0 bridgehead atoms. The maximum Gasteiger partial charge on any atom is 0.344 e. The Morgan fingerprint density at radius 2 is 1.74 bits per heavy atom. The van der Waals surface area contributed by atoms with Crippen LogP contribution in [0.2, 0.25) is 0 Å². The van der Waals surface area contributed by atoms with Crippen LogP contribution in [0.25, 0.3) is 33.1 Å². The topological polar surface area (TPSA) is 93.1 Å². The molecule has 1 fully saturated rings. The van der Waals surface area contributed by atoms with Crippen molar-refractivity contribution in [2.45, 2.75) is 39.2 Å². The molecule has 0 saturated carbocycles. The number of aromatic hydroxyl groups is 1. The Morgan fingerprint density at radius 3 is 2.50 bits per heavy atom. The van der Waals surface area contributed by atoms with Gasteiger partial charge in [-0.3, -0.25) is 4.90 Å². The smallest absolute Gasteiger partial charge is 0.344 e. The SMILES string of the molecule is CCOc1cccc2cc(-c3cc(=O)oc4c(CN5CCCCCC5)c(O)ccc34)c(=O)oc12. The number of hydrogen-bond donors (Lipinski definition) is 1. The van der Waals surface area contributed by atoms with Crippen LogP contribution in [0, 0.1) is 0 Å². The van der Waals surface area contributed by atoms with Crippen molar-refractivity contribution in [1.29, 1.82) is 0 Å². The van der Waals surface area contributed by atoms with Crippen molar-refractivity contribution in [3.8, 4) is 22.6 Å². The van der Waals surface area contributed by atoms with Crippen molar-refractivity contribution in [2.24, 2.45) is 0 Å². The Bertz CT molecular complexity index is 1460. The predicted molar refractivity (Wildman–Crippen MR) is 131 cm³/mol. The number of fused-ring (bicyclic) bond motifs is 2. The quantitative estimate of drug-likeness (QED) is 0.416. The zero-order valence-corrected chi connectivity index (χ0v) is 19.1. The highest BCUT2D eigenvalue weighted by Gasteiger charge is 2.20. The van der Waals surface area contributed by atoms with E-state index in [-0.39, 0.29) is 11.3 Å². The number of ether oxygens (including phenoxy) is 1. The van der Waals surface area contributed by atoms with Gasteiger partial charge in [0, 0.05) is 28.9 Å². The van der Waals surface area contributed by atoms with Crippen LogP contribution in [0.4, 0.5) is 0 Å². The van der Waals surface area contributed by atoms with Gasteiger partial charge in [-0.2, -0.15) is 0 Å². The number of rotatable bonds is 5. The van der Waals surface area contributed by atoms with E-state index in [1.165, 1.54) is 18.9 Å².